The van der Waals surface area contributed by atoms with Gasteiger partial charge in [0.25, 0.3) is 5.91 Å². The van der Waals surface area contributed by atoms with E-state index in [0.29, 0.717) is 23.7 Å². The molecular weight excluding hydrogens is 271 g/mol. The number of benzene rings is 1. The van der Waals surface area contributed by atoms with Gasteiger partial charge in [0.05, 0.1) is 6.33 Å². The van der Waals surface area contributed by atoms with Crippen LogP contribution in [0.4, 0.5) is 4.39 Å². The molecule has 0 spiro atoms. The standard InChI is InChI=1S/C16H19FN2O2/c17-8-11(9-18)10-21-14-3-4-15-12(7-14)5-6-19(16(15)20)13-1-2-13/h3-4,7-8,13H,1-2,5-6,9-10,18H2. The molecule has 0 atom stereocenters. The van der Waals surface area contributed by atoms with Gasteiger partial charge in [0.2, 0.25) is 0 Å². The smallest absolute Gasteiger partial charge is 0.254 e. The third-order valence-electron chi connectivity index (χ3n) is 4.02. The van der Waals surface area contributed by atoms with Crippen molar-refractivity contribution in [2.24, 2.45) is 5.73 Å². The van der Waals surface area contributed by atoms with Gasteiger partial charge in [-0.15, -0.1) is 0 Å². The van der Waals surface area contributed by atoms with E-state index in [0.717, 1.165) is 36.9 Å². The maximum absolute atomic E-state index is 12.4. The van der Waals surface area contributed by atoms with Crippen molar-refractivity contribution in [3.63, 3.8) is 0 Å². The van der Waals surface area contributed by atoms with E-state index in [1.165, 1.54) is 0 Å². The summed E-state index contributed by atoms with van der Waals surface area (Å²) in [5, 5.41) is 0. The summed E-state index contributed by atoms with van der Waals surface area (Å²) in [7, 11) is 0. The molecule has 112 valence electrons. The minimum atomic E-state index is 0.122. The number of amides is 1. The zero-order valence-electron chi connectivity index (χ0n) is 11.8. The summed E-state index contributed by atoms with van der Waals surface area (Å²) < 4.78 is 18.0. The lowest BCUT2D eigenvalue weighted by atomic mass is 9.98. The lowest BCUT2D eigenvalue weighted by Crippen LogP contribution is -2.39. The monoisotopic (exact) mass is 290 g/mol. The van der Waals surface area contributed by atoms with Gasteiger partial charge in [0.15, 0.2) is 0 Å². The van der Waals surface area contributed by atoms with Gasteiger partial charge in [-0.1, -0.05) is 0 Å². The van der Waals surface area contributed by atoms with E-state index >= 15 is 0 Å². The number of nitrogens with zero attached hydrogens (tertiary/aromatic N) is 1. The van der Waals surface area contributed by atoms with Crippen LogP contribution in [-0.2, 0) is 6.42 Å². The molecule has 1 amide bonds. The van der Waals surface area contributed by atoms with Crippen molar-refractivity contribution in [1.82, 2.24) is 4.90 Å². The maximum Gasteiger partial charge on any atom is 0.254 e. The lowest BCUT2D eigenvalue weighted by molar-refractivity contribution is 0.0727. The Morgan fingerprint density at radius 1 is 1.48 bits per heavy atom. The van der Waals surface area contributed by atoms with Crippen LogP contribution in [0.1, 0.15) is 28.8 Å². The second kappa shape index (κ2) is 5.85. The Labute approximate surface area is 123 Å². The molecule has 5 heteroatoms. The fourth-order valence-electron chi connectivity index (χ4n) is 2.62. The van der Waals surface area contributed by atoms with Gasteiger partial charge in [-0.2, -0.15) is 0 Å². The zero-order chi connectivity index (χ0) is 14.8. The summed E-state index contributed by atoms with van der Waals surface area (Å²) in [6.45, 7) is 1.04. The minimum absolute atomic E-state index is 0.122. The summed E-state index contributed by atoms with van der Waals surface area (Å²) in [4.78, 5) is 14.4. The van der Waals surface area contributed by atoms with Crippen molar-refractivity contribution >= 4 is 5.91 Å². The Bertz CT molecular complexity index is 582. The molecule has 1 aromatic carbocycles. The van der Waals surface area contributed by atoms with Gasteiger partial charge in [0, 0.05) is 30.3 Å². The van der Waals surface area contributed by atoms with Gasteiger partial charge in [-0.25, -0.2) is 4.39 Å². The molecule has 4 nitrogen and oxygen atoms in total. The number of fused-ring (bicyclic) bond motifs is 1. The van der Waals surface area contributed by atoms with Crippen LogP contribution in [0.3, 0.4) is 0 Å². The first-order chi connectivity index (χ1) is 10.2. The molecular formula is C16H19FN2O2. The highest BCUT2D eigenvalue weighted by Gasteiger charge is 2.35. The second-order valence-corrected chi connectivity index (χ2v) is 5.56. The molecule has 1 aromatic rings. The number of nitrogens with two attached hydrogens (primary N) is 1. The Kier molecular flexibility index (Phi) is 3.92. The largest absolute Gasteiger partial charge is 0.489 e. The van der Waals surface area contributed by atoms with Crippen molar-refractivity contribution in [2.75, 3.05) is 19.7 Å². The first kappa shape index (κ1) is 14.1. The van der Waals surface area contributed by atoms with E-state index in [1.807, 2.05) is 17.0 Å². The number of halogens is 1. The Hall–Kier alpha value is -1.88. The van der Waals surface area contributed by atoms with E-state index in [9.17, 15) is 9.18 Å². The van der Waals surface area contributed by atoms with Crippen molar-refractivity contribution in [2.45, 2.75) is 25.3 Å². The van der Waals surface area contributed by atoms with E-state index in [4.69, 9.17) is 10.5 Å². The molecule has 2 aliphatic rings. The normalized spacial score (nSPS) is 18.7. The summed E-state index contributed by atoms with van der Waals surface area (Å²) in [5.41, 5.74) is 7.57. The van der Waals surface area contributed by atoms with Crippen LogP contribution in [-0.4, -0.2) is 36.5 Å². The highest BCUT2D eigenvalue weighted by Crippen LogP contribution is 2.32. The quantitative estimate of drug-likeness (QED) is 0.903. The van der Waals surface area contributed by atoms with Crippen LogP contribution in [0.25, 0.3) is 0 Å². The number of hydrogen-bond acceptors (Lipinski definition) is 3. The molecule has 0 bridgehead atoms. The third-order valence-corrected chi connectivity index (χ3v) is 4.02. The number of ether oxygens (including phenoxy) is 1. The molecule has 1 aliphatic carbocycles. The number of rotatable bonds is 5. The first-order valence-corrected chi connectivity index (χ1v) is 7.28. The maximum atomic E-state index is 12.4. The van der Waals surface area contributed by atoms with E-state index in [-0.39, 0.29) is 19.1 Å². The zero-order valence-corrected chi connectivity index (χ0v) is 11.8. The number of carbonyl (C=O) groups is 1. The van der Waals surface area contributed by atoms with Crippen LogP contribution in [0.15, 0.2) is 30.1 Å². The van der Waals surface area contributed by atoms with E-state index in [2.05, 4.69) is 0 Å². The van der Waals surface area contributed by atoms with Crippen molar-refractivity contribution in [3.8, 4) is 5.75 Å². The van der Waals surface area contributed by atoms with Crippen LogP contribution < -0.4 is 10.5 Å². The van der Waals surface area contributed by atoms with Crippen LogP contribution in [0, 0.1) is 0 Å². The molecule has 1 saturated carbocycles. The molecule has 0 unspecified atom stereocenters. The van der Waals surface area contributed by atoms with E-state index in [1.54, 1.807) is 6.07 Å². The number of carbonyl (C=O) groups excluding carboxylic acids is 1. The molecule has 1 fully saturated rings. The average molecular weight is 290 g/mol. The van der Waals surface area contributed by atoms with Gasteiger partial charge >= 0.3 is 0 Å². The predicted molar refractivity (Wildman–Crippen MR) is 77.9 cm³/mol. The van der Waals surface area contributed by atoms with Crippen molar-refractivity contribution in [1.29, 1.82) is 0 Å². The summed E-state index contributed by atoms with van der Waals surface area (Å²) in [5.74, 6) is 0.769. The Morgan fingerprint density at radius 3 is 2.95 bits per heavy atom. The van der Waals surface area contributed by atoms with Crippen LogP contribution in [0.2, 0.25) is 0 Å². The van der Waals surface area contributed by atoms with Crippen molar-refractivity contribution < 1.29 is 13.9 Å². The second-order valence-electron chi connectivity index (χ2n) is 5.56. The molecule has 1 heterocycles. The molecule has 0 saturated heterocycles. The average Bonchev–Trinajstić information content (AvgIpc) is 3.33. The highest BCUT2D eigenvalue weighted by molar-refractivity contribution is 5.97. The third kappa shape index (κ3) is 2.93. The topological polar surface area (TPSA) is 55.6 Å². The molecule has 2 N–H and O–H groups in total. The van der Waals surface area contributed by atoms with E-state index < -0.39 is 0 Å². The van der Waals surface area contributed by atoms with Gasteiger partial charge in [0.1, 0.15) is 12.4 Å². The first-order valence-electron chi connectivity index (χ1n) is 7.28. The van der Waals surface area contributed by atoms with Gasteiger partial charge < -0.3 is 15.4 Å². The summed E-state index contributed by atoms with van der Waals surface area (Å²) >= 11 is 0. The molecule has 0 radical (unpaired) electrons. The highest BCUT2D eigenvalue weighted by atomic mass is 19.1. The summed E-state index contributed by atoms with van der Waals surface area (Å²) in [6.07, 6.45) is 3.58. The summed E-state index contributed by atoms with van der Waals surface area (Å²) in [6, 6.07) is 5.90. The predicted octanol–water partition coefficient (Wildman–Crippen LogP) is 2.04. The lowest BCUT2D eigenvalue weighted by Gasteiger charge is -2.28. The molecule has 3 rings (SSSR count). The van der Waals surface area contributed by atoms with Gasteiger partial charge in [-0.05, 0) is 43.0 Å². The fraction of sp³-hybridized carbons (Fsp3) is 0.438. The van der Waals surface area contributed by atoms with Crippen LogP contribution >= 0.6 is 0 Å². The van der Waals surface area contributed by atoms with Crippen molar-refractivity contribution in [3.05, 3.63) is 41.2 Å². The molecule has 0 aromatic heterocycles. The minimum Gasteiger partial charge on any atom is -0.489 e. The number of hydrogen-bond donors (Lipinski definition) is 1. The fourth-order valence-corrected chi connectivity index (χ4v) is 2.62. The molecule has 21 heavy (non-hydrogen) atoms. The Morgan fingerprint density at radius 2 is 2.29 bits per heavy atom. The Balaban J connectivity index is 1.72. The van der Waals surface area contributed by atoms with Crippen LogP contribution in [0.5, 0.6) is 5.75 Å². The SMILES string of the molecule is NCC(=CF)COc1ccc2c(c1)CCN(C1CC1)C2=O. The molecule has 1 aliphatic heterocycles. The van der Waals surface area contributed by atoms with Gasteiger partial charge in [-0.3, -0.25) is 4.79 Å².